The maximum atomic E-state index is 12.1. The molecule has 5 nitrogen and oxygen atoms in total. The first-order chi connectivity index (χ1) is 8.37. The van der Waals surface area contributed by atoms with Gasteiger partial charge in [0.25, 0.3) is 0 Å². The summed E-state index contributed by atoms with van der Waals surface area (Å²) in [5, 5.41) is 8.94. The number of carbonyl (C=O) groups excluding carboxylic acids is 2. The summed E-state index contributed by atoms with van der Waals surface area (Å²) in [6, 6.07) is 1.94. The van der Waals surface area contributed by atoms with Crippen molar-refractivity contribution in [1.82, 2.24) is 4.90 Å². The van der Waals surface area contributed by atoms with Crippen molar-refractivity contribution in [2.45, 2.75) is 38.8 Å². The number of nitriles is 1. The van der Waals surface area contributed by atoms with Gasteiger partial charge in [-0.3, -0.25) is 9.59 Å². The van der Waals surface area contributed by atoms with Gasteiger partial charge >= 0.3 is 0 Å². The molecule has 0 spiro atoms. The number of nitrogens with zero attached hydrogens (tertiary/aromatic N) is 2. The molecule has 5 heteroatoms. The second-order valence-corrected chi connectivity index (χ2v) is 5.06. The molecule has 0 unspecified atom stereocenters. The van der Waals surface area contributed by atoms with Gasteiger partial charge in [0, 0.05) is 13.5 Å². The van der Waals surface area contributed by atoms with Crippen LogP contribution >= 0.6 is 0 Å². The lowest BCUT2D eigenvalue weighted by Crippen LogP contribution is -2.66. The summed E-state index contributed by atoms with van der Waals surface area (Å²) in [5.41, 5.74) is -1.80. The van der Waals surface area contributed by atoms with Gasteiger partial charge in [-0.2, -0.15) is 5.26 Å². The predicted octanol–water partition coefficient (Wildman–Crippen LogP) is 1.36. The highest BCUT2D eigenvalue weighted by atomic mass is 16.5. The average molecular weight is 248 g/mol. The van der Waals surface area contributed by atoms with Crippen LogP contribution < -0.4 is 0 Å². The Morgan fingerprint density at radius 1 is 1.61 bits per heavy atom. The van der Waals surface area contributed by atoms with Crippen LogP contribution in [0.25, 0.3) is 0 Å². The van der Waals surface area contributed by atoms with Gasteiger partial charge in [0.2, 0.25) is 5.91 Å². The fourth-order valence-corrected chi connectivity index (χ4v) is 2.97. The third kappa shape index (κ3) is 1.38. The molecule has 2 aliphatic heterocycles. The van der Waals surface area contributed by atoms with Gasteiger partial charge in [0.15, 0.2) is 11.5 Å². The lowest BCUT2D eigenvalue weighted by molar-refractivity contribution is -0.214. The van der Waals surface area contributed by atoms with E-state index in [2.05, 4.69) is 0 Å². The first-order valence-corrected chi connectivity index (χ1v) is 5.94. The number of hydrogen-bond acceptors (Lipinski definition) is 4. The smallest absolute Gasteiger partial charge is 0.225 e. The van der Waals surface area contributed by atoms with E-state index in [1.165, 1.54) is 11.8 Å². The molecular weight excluding hydrogens is 232 g/mol. The fraction of sp³-hybridized carbons (Fsp3) is 0.615. The van der Waals surface area contributed by atoms with E-state index < -0.39 is 11.1 Å². The predicted molar refractivity (Wildman–Crippen MR) is 62.9 cm³/mol. The third-order valence-corrected chi connectivity index (χ3v) is 4.40. The van der Waals surface area contributed by atoms with E-state index in [1.807, 2.05) is 6.07 Å². The van der Waals surface area contributed by atoms with Crippen molar-refractivity contribution in [3.05, 3.63) is 11.8 Å². The number of amides is 1. The Bertz CT molecular complexity index is 491. The van der Waals surface area contributed by atoms with E-state index in [4.69, 9.17) is 10.00 Å². The van der Waals surface area contributed by atoms with Crippen molar-refractivity contribution in [2.24, 2.45) is 5.41 Å². The molecule has 2 rings (SSSR count). The molecule has 0 saturated carbocycles. The summed E-state index contributed by atoms with van der Waals surface area (Å²) in [6.45, 7) is 3.24. The summed E-state index contributed by atoms with van der Waals surface area (Å²) in [5.74, 6) is 0.113. The van der Waals surface area contributed by atoms with Gasteiger partial charge in [0.05, 0.1) is 5.41 Å². The topological polar surface area (TPSA) is 70.4 Å². The molecule has 1 fully saturated rings. The molecule has 0 aromatic carbocycles. The number of Topliss-reactive ketones (excluding diaryl/α,β-unsaturated/α-hetero) is 1. The van der Waals surface area contributed by atoms with Crippen molar-refractivity contribution in [2.75, 3.05) is 7.05 Å². The molecule has 0 N–H and O–H groups in total. The van der Waals surface area contributed by atoms with E-state index in [-0.39, 0.29) is 17.4 Å². The number of rotatable bonds is 1. The van der Waals surface area contributed by atoms with Crippen LogP contribution in [-0.4, -0.2) is 29.4 Å². The highest BCUT2D eigenvalue weighted by Crippen LogP contribution is 2.51. The lowest BCUT2D eigenvalue weighted by atomic mass is 9.65. The minimum Gasteiger partial charge on any atom is -0.457 e. The van der Waals surface area contributed by atoms with E-state index in [1.54, 1.807) is 20.0 Å². The Labute approximate surface area is 106 Å². The van der Waals surface area contributed by atoms with Gasteiger partial charge in [-0.25, -0.2) is 0 Å². The van der Waals surface area contributed by atoms with Gasteiger partial charge < -0.3 is 9.64 Å². The minimum atomic E-state index is -1.06. The molecule has 0 aliphatic carbocycles. The first kappa shape index (κ1) is 12.6. The van der Waals surface area contributed by atoms with Crippen LogP contribution in [0.4, 0.5) is 0 Å². The Hall–Kier alpha value is -1.83. The second-order valence-electron chi connectivity index (χ2n) is 5.06. The number of ether oxygens (including phenoxy) is 1. The Balaban J connectivity index is 2.55. The number of fused-ring (bicyclic) bond motifs is 1. The monoisotopic (exact) mass is 248 g/mol. The summed E-state index contributed by atoms with van der Waals surface area (Å²) in [6.07, 6.45) is 2.90. The minimum absolute atomic E-state index is 0.00223. The maximum absolute atomic E-state index is 12.1. The van der Waals surface area contributed by atoms with Crippen LogP contribution in [0.3, 0.4) is 0 Å². The average Bonchev–Trinajstić information content (AvgIpc) is 2.34. The molecule has 1 amide bonds. The van der Waals surface area contributed by atoms with Crippen molar-refractivity contribution >= 4 is 11.7 Å². The molecule has 2 heterocycles. The van der Waals surface area contributed by atoms with Crippen LogP contribution in [0.2, 0.25) is 0 Å². The molecule has 96 valence electrons. The highest BCUT2D eigenvalue weighted by molar-refractivity contribution is 5.88. The SMILES string of the molecule is CC(=O)[C@@]12CC=C(C#N)O[C@]1(C)N(C)C(=O)CC2. The maximum Gasteiger partial charge on any atom is 0.225 e. The molecule has 1 saturated heterocycles. The number of likely N-dealkylation sites (tertiary alicyclic amines) is 1. The molecule has 0 aromatic rings. The molecular formula is C13H16N2O3. The van der Waals surface area contributed by atoms with E-state index in [0.29, 0.717) is 19.3 Å². The largest absolute Gasteiger partial charge is 0.457 e. The molecule has 18 heavy (non-hydrogen) atoms. The summed E-state index contributed by atoms with van der Waals surface area (Å²) in [7, 11) is 1.62. The highest BCUT2D eigenvalue weighted by Gasteiger charge is 2.61. The number of carbonyl (C=O) groups is 2. The Kier molecular flexibility index (Phi) is 2.69. The second kappa shape index (κ2) is 3.84. The lowest BCUT2D eigenvalue weighted by Gasteiger charge is -2.55. The standard InChI is InChI=1S/C13H16N2O3/c1-9(16)13-6-4-10(8-14)18-12(13,2)15(3)11(17)5-7-13/h4H,5-7H2,1-3H3/t12-,13-/m0/s1. The zero-order valence-corrected chi connectivity index (χ0v) is 10.8. The zero-order chi connectivity index (χ0) is 13.6. The van der Waals surface area contributed by atoms with Gasteiger partial charge in [-0.05, 0) is 32.8 Å². The summed E-state index contributed by atoms with van der Waals surface area (Å²) >= 11 is 0. The van der Waals surface area contributed by atoms with Crippen molar-refractivity contribution in [1.29, 1.82) is 5.26 Å². The summed E-state index contributed by atoms with van der Waals surface area (Å²) < 4.78 is 5.66. The number of allylic oxidation sites excluding steroid dienone is 2. The summed E-state index contributed by atoms with van der Waals surface area (Å²) in [4.78, 5) is 25.4. The normalized spacial score (nSPS) is 35.1. The van der Waals surface area contributed by atoms with Crippen LogP contribution in [0, 0.1) is 16.7 Å². The van der Waals surface area contributed by atoms with E-state index in [0.717, 1.165) is 0 Å². The van der Waals surface area contributed by atoms with Crippen LogP contribution in [-0.2, 0) is 14.3 Å². The van der Waals surface area contributed by atoms with Crippen LogP contribution in [0.15, 0.2) is 11.8 Å². The Morgan fingerprint density at radius 2 is 2.28 bits per heavy atom. The van der Waals surface area contributed by atoms with Crippen LogP contribution in [0.1, 0.15) is 33.1 Å². The molecule has 0 radical (unpaired) electrons. The molecule has 0 aromatic heterocycles. The first-order valence-electron chi connectivity index (χ1n) is 5.94. The van der Waals surface area contributed by atoms with Crippen LogP contribution in [0.5, 0.6) is 0 Å². The van der Waals surface area contributed by atoms with Crippen molar-refractivity contribution in [3.63, 3.8) is 0 Å². The van der Waals surface area contributed by atoms with Gasteiger partial charge in [0.1, 0.15) is 11.9 Å². The number of ketones is 1. The van der Waals surface area contributed by atoms with E-state index >= 15 is 0 Å². The van der Waals surface area contributed by atoms with E-state index in [9.17, 15) is 9.59 Å². The van der Waals surface area contributed by atoms with Crippen molar-refractivity contribution < 1.29 is 14.3 Å². The van der Waals surface area contributed by atoms with Gasteiger partial charge in [-0.1, -0.05) is 0 Å². The number of piperidine rings is 1. The molecule has 2 aliphatic rings. The fourth-order valence-electron chi connectivity index (χ4n) is 2.97. The third-order valence-electron chi connectivity index (χ3n) is 4.40. The van der Waals surface area contributed by atoms with Gasteiger partial charge in [-0.15, -0.1) is 0 Å². The Morgan fingerprint density at radius 3 is 2.83 bits per heavy atom. The zero-order valence-electron chi connectivity index (χ0n) is 10.8. The quantitative estimate of drug-likeness (QED) is 0.702. The molecule has 0 bridgehead atoms. The molecule has 2 atom stereocenters. The number of hydrogen-bond donors (Lipinski definition) is 0. The van der Waals surface area contributed by atoms with Crippen molar-refractivity contribution in [3.8, 4) is 6.07 Å².